The highest BCUT2D eigenvalue weighted by atomic mass is 35.5. The summed E-state index contributed by atoms with van der Waals surface area (Å²) in [7, 11) is 1.61. The average molecular weight is 461 g/mol. The molecule has 1 N–H and O–H groups in total. The van der Waals surface area contributed by atoms with Crippen molar-refractivity contribution in [2.45, 2.75) is 58.7 Å². The van der Waals surface area contributed by atoms with E-state index >= 15 is 0 Å². The first kappa shape index (κ1) is 25.5. The van der Waals surface area contributed by atoms with Gasteiger partial charge in [0.05, 0.1) is 13.7 Å². The Morgan fingerprint density at radius 3 is 2.25 bits per heavy atom. The molecular weight excluding hydrogens is 428 g/mol. The molecule has 0 aliphatic heterocycles. The minimum atomic E-state index is -0.587. The third-order valence-corrected chi connectivity index (χ3v) is 5.55. The van der Waals surface area contributed by atoms with Crippen molar-refractivity contribution in [2.75, 3.05) is 13.7 Å². The molecule has 2 rings (SSSR count). The number of hydrogen-bond donors (Lipinski definition) is 1. The Balaban J connectivity index is 2.01. The number of amides is 2. The van der Waals surface area contributed by atoms with Crippen LogP contribution in [0.2, 0.25) is 5.02 Å². The van der Waals surface area contributed by atoms with Gasteiger partial charge in [-0.05, 0) is 68.7 Å². The van der Waals surface area contributed by atoms with Crippen LogP contribution in [0.4, 0.5) is 0 Å². The molecule has 0 aromatic heterocycles. The van der Waals surface area contributed by atoms with E-state index in [9.17, 15) is 9.59 Å². The molecule has 0 heterocycles. The fourth-order valence-corrected chi connectivity index (χ4v) is 3.19. The summed E-state index contributed by atoms with van der Waals surface area (Å²) >= 11 is 5.88. The summed E-state index contributed by atoms with van der Waals surface area (Å²) < 4.78 is 10.9. The Bertz CT molecular complexity index is 855. The first-order chi connectivity index (χ1) is 15.3. The summed E-state index contributed by atoms with van der Waals surface area (Å²) in [5.74, 6) is 1.21. The summed E-state index contributed by atoms with van der Waals surface area (Å²) in [6.07, 6.45) is 1.65. The number of rotatable bonds is 12. The zero-order chi connectivity index (χ0) is 23.5. The van der Waals surface area contributed by atoms with Crippen LogP contribution in [0.1, 0.15) is 45.6 Å². The number of carbonyl (C=O) groups is 2. The fourth-order valence-electron chi connectivity index (χ4n) is 3.06. The maximum Gasteiger partial charge on any atom is 0.242 e. The summed E-state index contributed by atoms with van der Waals surface area (Å²) in [5, 5.41) is 3.62. The van der Waals surface area contributed by atoms with Crippen LogP contribution in [0, 0.1) is 0 Å². The first-order valence-corrected chi connectivity index (χ1v) is 11.3. The Kier molecular flexibility index (Phi) is 10.3. The van der Waals surface area contributed by atoms with Crippen molar-refractivity contribution in [3.8, 4) is 11.5 Å². The largest absolute Gasteiger partial charge is 0.497 e. The van der Waals surface area contributed by atoms with Crippen molar-refractivity contribution < 1.29 is 19.1 Å². The molecule has 0 saturated carbocycles. The van der Waals surface area contributed by atoms with Crippen LogP contribution in [0.5, 0.6) is 11.5 Å². The second kappa shape index (κ2) is 13.0. The highest BCUT2D eigenvalue weighted by molar-refractivity contribution is 6.30. The molecule has 0 bridgehead atoms. The summed E-state index contributed by atoms with van der Waals surface area (Å²) in [6.45, 7) is 6.47. The molecule has 2 unspecified atom stereocenters. The highest BCUT2D eigenvalue weighted by Crippen LogP contribution is 2.18. The van der Waals surface area contributed by atoms with E-state index in [1.165, 1.54) is 0 Å². The molecule has 7 heteroatoms. The van der Waals surface area contributed by atoms with Crippen LogP contribution in [-0.4, -0.2) is 42.5 Å². The Labute approximate surface area is 195 Å². The predicted octanol–water partition coefficient (Wildman–Crippen LogP) is 4.84. The predicted molar refractivity (Wildman–Crippen MR) is 127 cm³/mol. The minimum Gasteiger partial charge on any atom is -0.497 e. The van der Waals surface area contributed by atoms with Crippen molar-refractivity contribution in [3.63, 3.8) is 0 Å². The van der Waals surface area contributed by atoms with Gasteiger partial charge in [0.15, 0.2) is 0 Å². The van der Waals surface area contributed by atoms with Crippen molar-refractivity contribution in [3.05, 3.63) is 59.1 Å². The molecule has 2 aromatic carbocycles. The van der Waals surface area contributed by atoms with E-state index in [2.05, 4.69) is 5.32 Å². The molecule has 0 fully saturated rings. The molecule has 0 aliphatic carbocycles. The van der Waals surface area contributed by atoms with Gasteiger partial charge in [-0.3, -0.25) is 9.59 Å². The molecule has 6 nitrogen and oxygen atoms in total. The molecule has 0 aliphatic rings. The summed E-state index contributed by atoms with van der Waals surface area (Å²) in [5.41, 5.74) is 0.930. The topological polar surface area (TPSA) is 67.9 Å². The van der Waals surface area contributed by atoms with E-state index in [4.69, 9.17) is 21.1 Å². The van der Waals surface area contributed by atoms with E-state index in [1.54, 1.807) is 43.2 Å². The monoisotopic (exact) mass is 460 g/mol. The van der Waals surface area contributed by atoms with E-state index in [1.807, 2.05) is 38.1 Å². The molecule has 2 aromatic rings. The van der Waals surface area contributed by atoms with Crippen LogP contribution in [-0.2, 0) is 16.1 Å². The zero-order valence-corrected chi connectivity index (χ0v) is 20.0. The van der Waals surface area contributed by atoms with Crippen LogP contribution in [0.15, 0.2) is 48.5 Å². The van der Waals surface area contributed by atoms with Crippen molar-refractivity contribution >= 4 is 23.4 Å². The van der Waals surface area contributed by atoms with Crippen molar-refractivity contribution in [1.29, 1.82) is 0 Å². The van der Waals surface area contributed by atoms with Gasteiger partial charge in [0.1, 0.15) is 17.5 Å². The lowest BCUT2D eigenvalue weighted by molar-refractivity contribution is -0.141. The lowest BCUT2D eigenvalue weighted by Crippen LogP contribution is -2.49. The maximum atomic E-state index is 13.1. The quantitative estimate of drug-likeness (QED) is 0.460. The molecule has 0 saturated heterocycles. The first-order valence-electron chi connectivity index (χ1n) is 10.9. The van der Waals surface area contributed by atoms with Crippen LogP contribution in [0.3, 0.4) is 0 Å². The summed E-state index contributed by atoms with van der Waals surface area (Å²) in [4.78, 5) is 27.4. The van der Waals surface area contributed by atoms with Crippen LogP contribution >= 0.6 is 11.6 Å². The van der Waals surface area contributed by atoms with Gasteiger partial charge in [-0.25, -0.2) is 0 Å². The number of nitrogens with one attached hydrogen (secondary N) is 1. The average Bonchev–Trinajstić information content (AvgIpc) is 2.81. The Hall–Kier alpha value is -2.73. The molecule has 32 heavy (non-hydrogen) atoms. The molecule has 2 amide bonds. The Morgan fingerprint density at radius 2 is 1.66 bits per heavy atom. The van der Waals surface area contributed by atoms with Gasteiger partial charge in [-0.15, -0.1) is 0 Å². The third kappa shape index (κ3) is 8.08. The molecule has 0 radical (unpaired) electrons. The smallest absolute Gasteiger partial charge is 0.242 e. The maximum absolute atomic E-state index is 13.1. The Morgan fingerprint density at radius 1 is 1.03 bits per heavy atom. The number of nitrogens with zero attached hydrogens (tertiary/aromatic N) is 1. The van der Waals surface area contributed by atoms with Crippen LogP contribution in [0.25, 0.3) is 0 Å². The van der Waals surface area contributed by atoms with E-state index in [0.717, 1.165) is 17.7 Å². The zero-order valence-electron chi connectivity index (χ0n) is 19.3. The van der Waals surface area contributed by atoms with Crippen molar-refractivity contribution in [2.24, 2.45) is 0 Å². The molecular formula is C25H33ClN2O4. The molecule has 2 atom stereocenters. The van der Waals surface area contributed by atoms with E-state index in [0.29, 0.717) is 30.3 Å². The minimum absolute atomic E-state index is 0.0515. The van der Waals surface area contributed by atoms with Gasteiger partial charge in [0.25, 0.3) is 0 Å². The number of halogens is 1. The number of methoxy groups -OCH3 is 1. The normalized spacial score (nSPS) is 12.5. The van der Waals surface area contributed by atoms with Gasteiger partial charge in [-0.1, -0.05) is 30.7 Å². The molecule has 0 spiro atoms. The van der Waals surface area contributed by atoms with Gasteiger partial charge in [-0.2, -0.15) is 0 Å². The second-order valence-electron chi connectivity index (χ2n) is 7.77. The highest BCUT2D eigenvalue weighted by Gasteiger charge is 2.26. The van der Waals surface area contributed by atoms with Crippen LogP contribution < -0.4 is 14.8 Å². The number of carbonyl (C=O) groups excluding carboxylic acids is 2. The number of ether oxygens (including phenoxy) is 2. The van der Waals surface area contributed by atoms with E-state index in [-0.39, 0.29) is 24.3 Å². The van der Waals surface area contributed by atoms with Crippen molar-refractivity contribution in [1.82, 2.24) is 10.2 Å². The van der Waals surface area contributed by atoms with Gasteiger partial charge < -0.3 is 19.7 Å². The summed E-state index contributed by atoms with van der Waals surface area (Å²) in [6, 6.07) is 14.1. The molecule has 174 valence electrons. The second-order valence-corrected chi connectivity index (χ2v) is 8.21. The third-order valence-electron chi connectivity index (χ3n) is 5.30. The van der Waals surface area contributed by atoms with Gasteiger partial charge in [0.2, 0.25) is 11.8 Å². The lowest BCUT2D eigenvalue weighted by Gasteiger charge is -2.30. The van der Waals surface area contributed by atoms with Gasteiger partial charge in [0, 0.05) is 24.0 Å². The standard InChI is InChI=1S/C25H33ClN2O4/c1-5-18(2)27-25(30)19(3)28(17-20-8-12-22(31-4)13-9-20)24(29)7-6-16-32-23-14-10-21(26)11-15-23/h8-15,18-19H,5-7,16-17H2,1-4H3,(H,27,30). The lowest BCUT2D eigenvalue weighted by atomic mass is 10.1. The fraction of sp³-hybridized carbons (Fsp3) is 0.440. The van der Waals surface area contributed by atoms with E-state index < -0.39 is 6.04 Å². The number of hydrogen-bond acceptors (Lipinski definition) is 4. The number of benzene rings is 2. The van der Waals surface area contributed by atoms with Gasteiger partial charge >= 0.3 is 0 Å². The SMILES string of the molecule is CCC(C)NC(=O)C(C)N(Cc1ccc(OC)cc1)C(=O)CCCOc1ccc(Cl)cc1.